The van der Waals surface area contributed by atoms with Gasteiger partial charge in [-0.3, -0.25) is 4.79 Å². The second-order valence-electron chi connectivity index (χ2n) is 5.87. The number of aromatic nitrogens is 2. The number of benzene rings is 2. The van der Waals surface area contributed by atoms with Crippen LogP contribution in [0.1, 0.15) is 16.1 Å². The van der Waals surface area contributed by atoms with Crippen molar-refractivity contribution in [3.8, 4) is 5.75 Å². The molecule has 142 valence electrons. The highest BCUT2D eigenvalue weighted by Gasteiger charge is 2.09. The molecule has 1 amide bonds. The van der Waals surface area contributed by atoms with Crippen LogP contribution in [-0.2, 0) is 6.61 Å². The van der Waals surface area contributed by atoms with Crippen molar-refractivity contribution in [1.82, 2.24) is 10.2 Å². The topological polar surface area (TPSA) is 76.1 Å². The number of ether oxygens (including phenoxy) is 1. The Balaban J connectivity index is 1.53. The van der Waals surface area contributed by atoms with Crippen LogP contribution in [0.4, 0.5) is 11.5 Å². The van der Waals surface area contributed by atoms with Crippen LogP contribution in [0.2, 0.25) is 5.02 Å². The Bertz CT molecular complexity index is 926. The molecule has 0 aliphatic rings. The highest BCUT2D eigenvalue weighted by molar-refractivity contribution is 6.30. The summed E-state index contributed by atoms with van der Waals surface area (Å²) < 4.78 is 5.73. The second-order valence-corrected chi connectivity index (χ2v) is 6.30. The van der Waals surface area contributed by atoms with E-state index in [1.54, 1.807) is 42.5 Å². The minimum atomic E-state index is -0.336. The zero-order chi connectivity index (χ0) is 19.8. The van der Waals surface area contributed by atoms with E-state index in [1.807, 2.05) is 24.3 Å². The standard InChI is InChI=1S/C21H19ClN4O2/c1-2-13-23-20-12-11-19(25-26-20)21(27)24-17-7-9-18(10-8-17)28-14-15-3-5-16(22)6-4-15/h2-12H,1,13-14H2,(H,23,26)(H,24,27). The molecule has 0 aliphatic carbocycles. The van der Waals surface area contributed by atoms with E-state index >= 15 is 0 Å². The maximum atomic E-state index is 12.3. The van der Waals surface area contributed by atoms with E-state index in [2.05, 4.69) is 27.4 Å². The van der Waals surface area contributed by atoms with Crippen LogP contribution in [-0.4, -0.2) is 22.6 Å². The normalized spacial score (nSPS) is 10.2. The number of carbonyl (C=O) groups is 1. The lowest BCUT2D eigenvalue weighted by Gasteiger charge is -2.09. The molecule has 2 N–H and O–H groups in total. The van der Waals surface area contributed by atoms with E-state index in [0.717, 1.165) is 5.56 Å². The monoisotopic (exact) mass is 394 g/mol. The zero-order valence-corrected chi connectivity index (χ0v) is 15.8. The zero-order valence-electron chi connectivity index (χ0n) is 15.1. The SMILES string of the molecule is C=CCNc1ccc(C(=O)Nc2ccc(OCc3ccc(Cl)cc3)cc2)nn1. The minimum Gasteiger partial charge on any atom is -0.489 e. The third-order valence-electron chi connectivity index (χ3n) is 3.76. The van der Waals surface area contributed by atoms with E-state index in [1.165, 1.54) is 0 Å². The summed E-state index contributed by atoms with van der Waals surface area (Å²) in [5, 5.41) is 14.3. The van der Waals surface area contributed by atoms with Gasteiger partial charge in [-0.25, -0.2) is 0 Å². The summed E-state index contributed by atoms with van der Waals surface area (Å²) in [6.07, 6.45) is 1.71. The maximum absolute atomic E-state index is 12.3. The molecule has 28 heavy (non-hydrogen) atoms. The quantitative estimate of drug-likeness (QED) is 0.548. The number of hydrogen-bond acceptors (Lipinski definition) is 5. The van der Waals surface area contributed by atoms with Crippen molar-refractivity contribution in [2.45, 2.75) is 6.61 Å². The molecule has 3 aromatic rings. The Morgan fingerprint density at radius 1 is 1.04 bits per heavy atom. The van der Waals surface area contributed by atoms with Crippen molar-refractivity contribution in [3.05, 3.63) is 89.6 Å². The first-order valence-electron chi connectivity index (χ1n) is 8.61. The van der Waals surface area contributed by atoms with Gasteiger partial charge in [0.05, 0.1) is 0 Å². The summed E-state index contributed by atoms with van der Waals surface area (Å²) in [7, 11) is 0. The maximum Gasteiger partial charge on any atom is 0.276 e. The Morgan fingerprint density at radius 3 is 2.43 bits per heavy atom. The Labute approximate surface area is 168 Å². The summed E-state index contributed by atoms with van der Waals surface area (Å²) >= 11 is 5.87. The molecule has 0 atom stereocenters. The van der Waals surface area contributed by atoms with E-state index in [9.17, 15) is 4.79 Å². The third-order valence-corrected chi connectivity index (χ3v) is 4.01. The van der Waals surface area contributed by atoms with Crippen molar-refractivity contribution in [2.24, 2.45) is 0 Å². The van der Waals surface area contributed by atoms with Crippen molar-refractivity contribution in [1.29, 1.82) is 0 Å². The first-order valence-corrected chi connectivity index (χ1v) is 8.99. The fourth-order valence-corrected chi connectivity index (χ4v) is 2.43. The number of nitrogens with zero attached hydrogens (tertiary/aromatic N) is 2. The smallest absolute Gasteiger partial charge is 0.276 e. The Morgan fingerprint density at radius 2 is 1.79 bits per heavy atom. The molecule has 0 bridgehead atoms. The molecule has 0 saturated carbocycles. The van der Waals surface area contributed by atoms with E-state index in [0.29, 0.717) is 35.4 Å². The van der Waals surface area contributed by atoms with E-state index in [4.69, 9.17) is 16.3 Å². The predicted molar refractivity (Wildman–Crippen MR) is 111 cm³/mol. The molecule has 6 nitrogen and oxygen atoms in total. The lowest BCUT2D eigenvalue weighted by atomic mass is 10.2. The molecule has 0 unspecified atom stereocenters. The molecule has 0 spiro atoms. The molecule has 0 aliphatic heterocycles. The van der Waals surface area contributed by atoms with Gasteiger partial charge < -0.3 is 15.4 Å². The Kier molecular flexibility index (Phi) is 6.59. The molecule has 2 aromatic carbocycles. The van der Waals surface area contributed by atoms with Gasteiger partial charge in [0.25, 0.3) is 5.91 Å². The highest BCUT2D eigenvalue weighted by Crippen LogP contribution is 2.18. The number of amides is 1. The molecule has 1 aromatic heterocycles. The first kappa shape index (κ1) is 19.4. The summed E-state index contributed by atoms with van der Waals surface area (Å²) in [5.41, 5.74) is 1.89. The molecular formula is C21H19ClN4O2. The summed E-state index contributed by atoms with van der Waals surface area (Å²) in [5.74, 6) is 0.946. The minimum absolute atomic E-state index is 0.229. The molecule has 0 radical (unpaired) electrons. The number of nitrogens with one attached hydrogen (secondary N) is 2. The molecule has 0 fully saturated rings. The van der Waals surface area contributed by atoms with Crippen molar-refractivity contribution in [2.75, 3.05) is 17.2 Å². The van der Waals surface area contributed by atoms with Gasteiger partial charge >= 0.3 is 0 Å². The fourth-order valence-electron chi connectivity index (χ4n) is 2.30. The molecular weight excluding hydrogens is 376 g/mol. The molecule has 1 heterocycles. The van der Waals surface area contributed by atoms with Gasteiger partial charge in [0, 0.05) is 17.3 Å². The van der Waals surface area contributed by atoms with Gasteiger partial charge in [-0.2, -0.15) is 0 Å². The average molecular weight is 395 g/mol. The first-order chi connectivity index (χ1) is 13.6. The van der Waals surface area contributed by atoms with Crippen LogP contribution in [0.15, 0.2) is 73.3 Å². The van der Waals surface area contributed by atoms with Crippen LogP contribution < -0.4 is 15.4 Å². The van der Waals surface area contributed by atoms with Crippen LogP contribution in [0.3, 0.4) is 0 Å². The lowest BCUT2D eigenvalue weighted by molar-refractivity contribution is 0.102. The summed E-state index contributed by atoms with van der Waals surface area (Å²) in [4.78, 5) is 12.3. The van der Waals surface area contributed by atoms with E-state index in [-0.39, 0.29) is 11.6 Å². The van der Waals surface area contributed by atoms with Crippen LogP contribution in [0.5, 0.6) is 5.75 Å². The van der Waals surface area contributed by atoms with Gasteiger partial charge in [-0.1, -0.05) is 29.8 Å². The predicted octanol–water partition coefficient (Wildman–Crippen LogP) is 4.56. The number of anilines is 2. The van der Waals surface area contributed by atoms with Crippen LogP contribution >= 0.6 is 11.6 Å². The average Bonchev–Trinajstić information content (AvgIpc) is 2.73. The van der Waals surface area contributed by atoms with Crippen molar-refractivity contribution < 1.29 is 9.53 Å². The second kappa shape index (κ2) is 9.53. The fraction of sp³-hybridized carbons (Fsp3) is 0.0952. The summed E-state index contributed by atoms with van der Waals surface area (Å²) in [6.45, 7) is 4.63. The van der Waals surface area contributed by atoms with Crippen molar-refractivity contribution >= 4 is 29.0 Å². The lowest BCUT2D eigenvalue weighted by Crippen LogP contribution is -2.14. The Hall–Kier alpha value is -3.38. The van der Waals surface area contributed by atoms with Gasteiger partial charge in [0.15, 0.2) is 5.69 Å². The number of rotatable bonds is 8. The summed E-state index contributed by atoms with van der Waals surface area (Å²) in [6, 6.07) is 17.9. The van der Waals surface area contributed by atoms with Gasteiger partial charge in [0.1, 0.15) is 18.2 Å². The highest BCUT2D eigenvalue weighted by atomic mass is 35.5. The van der Waals surface area contributed by atoms with Crippen LogP contribution in [0.25, 0.3) is 0 Å². The van der Waals surface area contributed by atoms with Gasteiger partial charge in [-0.15, -0.1) is 16.8 Å². The van der Waals surface area contributed by atoms with Gasteiger partial charge in [0.2, 0.25) is 0 Å². The largest absolute Gasteiger partial charge is 0.489 e. The van der Waals surface area contributed by atoms with Crippen molar-refractivity contribution in [3.63, 3.8) is 0 Å². The number of halogens is 1. The van der Waals surface area contributed by atoms with E-state index < -0.39 is 0 Å². The van der Waals surface area contributed by atoms with Gasteiger partial charge in [-0.05, 0) is 54.1 Å². The number of carbonyl (C=O) groups excluding carboxylic acids is 1. The number of hydrogen-bond donors (Lipinski definition) is 2. The molecule has 7 heteroatoms. The van der Waals surface area contributed by atoms with Crippen LogP contribution in [0, 0.1) is 0 Å². The molecule has 0 saturated heterocycles. The molecule has 3 rings (SSSR count). The third kappa shape index (κ3) is 5.56.